The summed E-state index contributed by atoms with van der Waals surface area (Å²) < 4.78 is 7.87. The monoisotopic (exact) mass is 476 g/mol. The molecule has 3 aromatic carbocycles. The summed E-state index contributed by atoms with van der Waals surface area (Å²) in [4.78, 5) is 17.6. The van der Waals surface area contributed by atoms with Crippen LogP contribution in [0, 0.1) is 13.8 Å². The van der Waals surface area contributed by atoms with Crippen LogP contribution in [0.15, 0.2) is 71.2 Å². The van der Waals surface area contributed by atoms with Gasteiger partial charge in [0.15, 0.2) is 5.82 Å². The molecule has 0 bridgehead atoms. The summed E-state index contributed by atoms with van der Waals surface area (Å²) in [6, 6.07) is 21.0. The molecule has 0 aliphatic heterocycles. The Kier molecular flexibility index (Phi) is 5.86. The van der Waals surface area contributed by atoms with Crippen LogP contribution in [0.5, 0.6) is 5.75 Å². The number of rotatable bonds is 5. The fourth-order valence-corrected chi connectivity index (χ4v) is 3.43. The maximum absolute atomic E-state index is 13.0. The van der Waals surface area contributed by atoms with Crippen LogP contribution in [0.2, 0.25) is 0 Å². The highest BCUT2D eigenvalue weighted by atomic mass is 79.9. The van der Waals surface area contributed by atoms with Crippen molar-refractivity contribution in [2.24, 2.45) is 0 Å². The average molecular weight is 477 g/mol. The van der Waals surface area contributed by atoms with Gasteiger partial charge in [0.1, 0.15) is 5.75 Å². The summed E-state index contributed by atoms with van der Waals surface area (Å²) >= 11 is 3.45. The molecule has 4 rings (SSSR count). The Hall–Kier alpha value is -3.45. The Morgan fingerprint density at radius 1 is 1.00 bits per heavy atom. The van der Waals surface area contributed by atoms with Crippen LogP contribution < -0.4 is 10.1 Å². The third-order valence-corrected chi connectivity index (χ3v) is 5.61. The minimum atomic E-state index is -0.362. The molecular formula is C24H21BrN4O2. The lowest BCUT2D eigenvalue weighted by molar-refractivity contribution is 0.101. The zero-order valence-electron chi connectivity index (χ0n) is 17.4. The number of hydrogen-bond donors (Lipinski definition) is 1. The number of halogens is 1. The Bertz CT molecular complexity index is 1230. The number of anilines is 1. The van der Waals surface area contributed by atoms with Crippen molar-refractivity contribution < 1.29 is 9.53 Å². The van der Waals surface area contributed by atoms with E-state index in [4.69, 9.17) is 4.74 Å². The third kappa shape index (κ3) is 4.36. The molecule has 1 aromatic heterocycles. The maximum atomic E-state index is 13.0. The molecule has 0 aliphatic rings. The number of carbonyl (C=O) groups excluding carboxylic acids is 1. The Balaban J connectivity index is 1.75. The van der Waals surface area contributed by atoms with Gasteiger partial charge in [0, 0.05) is 15.7 Å². The van der Waals surface area contributed by atoms with E-state index >= 15 is 0 Å². The van der Waals surface area contributed by atoms with Crippen molar-refractivity contribution in [2.75, 3.05) is 12.4 Å². The van der Waals surface area contributed by atoms with Crippen molar-refractivity contribution in [3.8, 4) is 22.8 Å². The molecule has 0 unspecified atom stereocenters. The summed E-state index contributed by atoms with van der Waals surface area (Å²) in [5, 5.41) is 7.46. The molecule has 1 heterocycles. The fraction of sp³-hybridized carbons (Fsp3) is 0.125. The number of nitrogens with one attached hydrogen (secondary N) is 1. The topological polar surface area (TPSA) is 69.0 Å². The molecule has 0 saturated heterocycles. The van der Waals surface area contributed by atoms with Crippen LogP contribution >= 0.6 is 15.9 Å². The van der Waals surface area contributed by atoms with Gasteiger partial charge in [-0.25, -0.2) is 9.67 Å². The first-order valence-corrected chi connectivity index (χ1v) is 10.5. The normalized spacial score (nSPS) is 10.7. The Morgan fingerprint density at radius 3 is 2.39 bits per heavy atom. The molecule has 0 radical (unpaired) electrons. The van der Waals surface area contributed by atoms with Gasteiger partial charge in [-0.15, -0.1) is 5.10 Å². The van der Waals surface area contributed by atoms with Gasteiger partial charge in [-0.1, -0.05) is 40.2 Å². The van der Waals surface area contributed by atoms with E-state index in [2.05, 4.69) is 31.3 Å². The minimum absolute atomic E-state index is 0.0923. The fourth-order valence-electron chi connectivity index (χ4n) is 3.16. The lowest BCUT2D eigenvalue weighted by Gasteiger charge is -2.08. The van der Waals surface area contributed by atoms with Gasteiger partial charge >= 0.3 is 0 Å². The summed E-state index contributed by atoms with van der Waals surface area (Å²) in [5.74, 6) is 1.04. The molecule has 0 saturated carbocycles. The van der Waals surface area contributed by atoms with E-state index in [1.807, 2.05) is 80.6 Å². The molecule has 1 N–H and O–H groups in total. The van der Waals surface area contributed by atoms with E-state index in [1.54, 1.807) is 11.8 Å². The summed E-state index contributed by atoms with van der Waals surface area (Å²) in [6.07, 6.45) is 0. The number of carbonyl (C=O) groups is 1. The maximum Gasteiger partial charge on any atom is 0.295 e. The molecule has 6 nitrogen and oxygen atoms in total. The molecule has 7 heteroatoms. The Morgan fingerprint density at radius 2 is 1.71 bits per heavy atom. The van der Waals surface area contributed by atoms with Crippen molar-refractivity contribution >= 4 is 27.5 Å². The van der Waals surface area contributed by atoms with E-state index in [-0.39, 0.29) is 11.7 Å². The van der Waals surface area contributed by atoms with Crippen molar-refractivity contribution in [3.63, 3.8) is 0 Å². The first-order valence-electron chi connectivity index (χ1n) is 9.71. The highest BCUT2D eigenvalue weighted by Gasteiger charge is 2.19. The summed E-state index contributed by atoms with van der Waals surface area (Å²) in [5.41, 5.74) is 4.48. The molecule has 0 atom stereocenters. The quantitative estimate of drug-likeness (QED) is 0.408. The van der Waals surface area contributed by atoms with Gasteiger partial charge in [-0.05, 0) is 67.4 Å². The molecule has 0 spiro atoms. The zero-order chi connectivity index (χ0) is 22.0. The van der Waals surface area contributed by atoms with Crippen LogP contribution in [0.3, 0.4) is 0 Å². The Labute approximate surface area is 189 Å². The molecular weight excluding hydrogens is 456 g/mol. The zero-order valence-corrected chi connectivity index (χ0v) is 19.0. The van der Waals surface area contributed by atoms with E-state index < -0.39 is 0 Å². The van der Waals surface area contributed by atoms with Crippen molar-refractivity contribution in [1.82, 2.24) is 14.8 Å². The molecule has 0 aliphatic carbocycles. The highest BCUT2D eigenvalue weighted by molar-refractivity contribution is 9.10. The van der Waals surface area contributed by atoms with Gasteiger partial charge in [0.25, 0.3) is 5.91 Å². The van der Waals surface area contributed by atoms with Gasteiger partial charge in [-0.3, -0.25) is 4.79 Å². The number of hydrogen-bond acceptors (Lipinski definition) is 4. The van der Waals surface area contributed by atoms with Crippen molar-refractivity contribution in [2.45, 2.75) is 13.8 Å². The van der Waals surface area contributed by atoms with Crippen LogP contribution in [0.1, 0.15) is 21.7 Å². The number of methoxy groups -OCH3 is 1. The van der Waals surface area contributed by atoms with Crippen LogP contribution in [0.25, 0.3) is 17.1 Å². The predicted octanol–water partition coefficient (Wildman–Crippen LogP) is 5.57. The van der Waals surface area contributed by atoms with E-state index in [0.29, 0.717) is 5.82 Å². The summed E-state index contributed by atoms with van der Waals surface area (Å²) in [7, 11) is 1.62. The number of amides is 1. The largest absolute Gasteiger partial charge is 0.497 e. The predicted molar refractivity (Wildman–Crippen MR) is 125 cm³/mol. The van der Waals surface area contributed by atoms with E-state index in [0.717, 1.165) is 38.3 Å². The van der Waals surface area contributed by atoms with E-state index in [1.165, 1.54) is 0 Å². The minimum Gasteiger partial charge on any atom is -0.497 e. The highest BCUT2D eigenvalue weighted by Crippen LogP contribution is 2.25. The molecule has 4 aromatic rings. The van der Waals surface area contributed by atoms with Gasteiger partial charge in [0.05, 0.1) is 12.8 Å². The molecule has 31 heavy (non-hydrogen) atoms. The van der Waals surface area contributed by atoms with Crippen LogP contribution in [-0.4, -0.2) is 27.8 Å². The number of aromatic nitrogens is 3. The lowest BCUT2D eigenvalue weighted by atomic mass is 10.1. The van der Waals surface area contributed by atoms with Crippen molar-refractivity contribution in [1.29, 1.82) is 0 Å². The number of benzene rings is 3. The number of aryl methyl sites for hydroxylation is 1. The van der Waals surface area contributed by atoms with Gasteiger partial charge in [-0.2, -0.15) is 0 Å². The second-order valence-corrected chi connectivity index (χ2v) is 7.99. The lowest BCUT2D eigenvalue weighted by Crippen LogP contribution is -2.15. The van der Waals surface area contributed by atoms with Crippen LogP contribution in [-0.2, 0) is 0 Å². The summed E-state index contributed by atoms with van der Waals surface area (Å²) in [6.45, 7) is 3.98. The second-order valence-electron chi connectivity index (χ2n) is 7.08. The number of nitrogens with zero attached hydrogens (tertiary/aromatic N) is 3. The van der Waals surface area contributed by atoms with Crippen molar-refractivity contribution in [3.05, 3.63) is 88.2 Å². The standard InChI is InChI=1S/C24H21BrN4O2/c1-15-5-4-6-21(16(15)2)26-24(30)22-27-23(17-7-9-18(25)10-8-17)29(28-22)19-11-13-20(31-3)14-12-19/h4-14H,1-3H3,(H,26,30). The first kappa shape index (κ1) is 20.8. The smallest absolute Gasteiger partial charge is 0.295 e. The second kappa shape index (κ2) is 8.73. The average Bonchev–Trinajstić information content (AvgIpc) is 3.23. The third-order valence-electron chi connectivity index (χ3n) is 5.08. The first-order chi connectivity index (χ1) is 15.0. The molecule has 1 amide bonds. The van der Waals surface area contributed by atoms with Gasteiger partial charge in [0.2, 0.25) is 5.82 Å². The molecule has 0 fully saturated rings. The SMILES string of the molecule is COc1ccc(-n2nc(C(=O)Nc3cccc(C)c3C)nc2-c2ccc(Br)cc2)cc1. The van der Waals surface area contributed by atoms with Crippen LogP contribution in [0.4, 0.5) is 5.69 Å². The van der Waals surface area contributed by atoms with Gasteiger partial charge < -0.3 is 10.1 Å². The molecule has 156 valence electrons. The number of ether oxygens (including phenoxy) is 1. The van der Waals surface area contributed by atoms with E-state index in [9.17, 15) is 4.79 Å².